The van der Waals surface area contributed by atoms with Gasteiger partial charge in [-0.15, -0.1) is 0 Å². The van der Waals surface area contributed by atoms with E-state index in [1.165, 1.54) is 0 Å². The second kappa shape index (κ2) is 3.62. The van der Waals surface area contributed by atoms with E-state index in [9.17, 15) is 4.79 Å². The summed E-state index contributed by atoms with van der Waals surface area (Å²) < 4.78 is 4.91. The van der Waals surface area contributed by atoms with Crippen LogP contribution < -0.4 is 0 Å². The van der Waals surface area contributed by atoms with Gasteiger partial charge in [0.2, 0.25) is 0 Å². The summed E-state index contributed by atoms with van der Waals surface area (Å²) in [5.74, 6) is 0.0939. The Labute approximate surface area is 82.4 Å². The highest BCUT2D eigenvalue weighted by Crippen LogP contribution is 2.34. The van der Waals surface area contributed by atoms with Crippen LogP contribution >= 0.6 is 0 Å². The lowest BCUT2D eigenvalue weighted by atomic mass is 9.96. The number of benzene rings is 1. The molecule has 0 amide bonds. The molecule has 1 aliphatic rings. The van der Waals surface area contributed by atoms with Gasteiger partial charge < -0.3 is 4.74 Å². The molecule has 0 N–H and O–H groups in total. The number of nitrogens with zero attached hydrogens (tertiary/aromatic N) is 1. The molecule has 1 heterocycles. The highest BCUT2D eigenvalue weighted by atomic mass is 16.5. The van der Waals surface area contributed by atoms with Gasteiger partial charge in [-0.3, -0.25) is 9.79 Å². The van der Waals surface area contributed by atoms with Crippen LogP contribution in [0.2, 0.25) is 0 Å². The first-order valence-corrected chi connectivity index (χ1v) is 4.55. The molecule has 3 heteroatoms. The number of fused-ring (bicyclic) bond motifs is 1. The van der Waals surface area contributed by atoms with E-state index in [4.69, 9.17) is 4.74 Å². The summed E-state index contributed by atoms with van der Waals surface area (Å²) in [5.41, 5.74) is 2.10. The van der Waals surface area contributed by atoms with Crippen LogP contribution in [-0.4, -0.2) is 18.8 Å². The predicted molar refractivity (Wildman–Crippen MR) is 53.9 cm³/mol. The lowest BCUT2D eigenvalue weighted by molar-refractivity contribution is -0.132. The molecule has 2 rings (SSSR count). The lowest BCUT2D eigenvalue weighted by Gasteiger charge is -2.15. The minimum absolute atomic E-state index is 0.0939. The smallest absolute Gasteiger partial charge is 0.293 e. The number of hydrogen-bond donors (Lipinski definition) is 0. The summed E-state index contributed by atoms with van der Waals surface area (Å²) in [4.78, 5) is 14.5. The minimum Gasteiger partial charge on any atom is -0.464 e. The van der Waals surface area contributed by atoms with Gasteiger partial charge in [0.15, 0.2) is 0 Å². The molecule has 2 atom stereocenters. The van der Waals surface area contributed by atoms with Crippen molar-refractivity contribution in [3.8, 4) is 0 Å². The highest BCUT2D eigenvalue weighted by molar-refractivity contribution is 5.81. The predicted octanol–water partition coefficient (Wildman–Crippen LogP) is 2.05. The summed E-state index contributed by atoms with van der Waals surface area (Å²) in [6, 6.07) is 7.88. The SMILES string of the molecule is CC(OC=O)C1C=Nc2ccccc21. The van der Waals surface area contributed by atoms with Crippen molar-refractivity contribution >= 4 is 18.4 Å². The molecule has 0 bridgehead atoms. The van der Waals surface area contributed by atoms with Crippen LogP contribution in [0.25, 0.3) is 0 Å². The Morgan fingerprint density at radius 2 is 2.29 bits per heavy atom. The van der Waals surface area contributed by atoms with Crippen molar-refractivity contribution in [1.82, 2.24) is 0 Å². The molecule has 3 nitrogen and oxygen atoms in total. The van der Waals surface area contributed by atoms with Gasteiger partial charge in [0.05, 0.1) is 11.6 Å². The Balaban J connectivity index is 2.25. The average molecular weight is 189 g/mol. The molecule has 72 valence electrons. The number of carbonyl (C=O) groups is 1. The molecule has 0 aliphatic carbocycles. The third-order valence-electron chi connectivity index (χ3n) is 2.45. The van der Waals surface area contributed by atoms with Crippen molar-refractivity contribution in [1.29, 1.82) is 0 Å². The molecular weight excluding hydrogens is 178 g/mol. The Bertz CT molecular complexity index is 373. The van der Waals surface area contributed by atoms with Gasteiger partial charge >= 0.3 is 0 Å². The lowest BCUT2D eigenvalue weighted by Crippen LogP contribution is -2.17. The maximum atomic E-state index is 10.2. The van der Waals surface area contributed by atoms with Crippen LogP contribution in [0.15, 0.2) is 29.3 Å². The molecule has 0 fully saturated rings. The van der Waals surface area contributed by atoms with E-state index in [-0.39, 0.29) is 12.0 Å². The summed E-state index contributed by atoms with van der Waals surface area (Å²) in [6.45, 7) is 2.35. The molecule has 0 aromatic heterocycles. The van der Waals surface area contributed by atoms with Crippen molar-refractivity contribution in [3.63, 3.8) is 0 Å². The van der Waals surface area contributed by atoms with Gasteiger partial charge in [-0.25, -0.2) is 0 Å². The first kappa shape index (κ1) is 8.94. The number of para-hydroxylation sites is 1. The van der Waals surface area contributed by atoms with Crippen LogP contribution in [0.5, 0.6) is 0 Å². The van der Waals surface area contributed by atoms with Gasteiger partial charge in [-0.1, -0.05) is 18.2 Å². The van der Waals surface area contributed by atoms with Gasteiger partial charge in [-0.05, 0) is 18.6 Å². The zero-order valence-electron chi connectivity index (χ0n) is 7.88. The van der Waals surface area contributed by atoms with Gasteiger partial charge in [-0.2, -0.15) is 0 Å². The van der Waals surface area contributed by atoms with E-state index in [1.54, 1.807) is 0 Å². The Kier molecular flexibility index (Phi) is 2.31. The molecule has 14 heavy (non-hydrogen) atoms. The van der Waals surface area contributed by atoms with Crippen molar-refractivity contribution in [3.05, 3.63) is 29.8 Å². The van der Waals surface area contributed by atoms with Gasteiger partial charge in [0.25, 0.3) is 6.47 Å². The van der Waals surface area contributed by atoms with E-state index < -0.39 is 0 Å². The quantitative estimate of drug-likeness (QED) is 0.682. The molecular formula is C11H11NO2. The molecule has 2 unspecified atom stereocenters. The Morgan fingerprint density at radius 3 is 3.07 bits per heavy atom. The van der Waals surface area contributed by atoms with Crippen LogP contribution in [0.1, 0.15) is 18.4 Å². The summed E-state index contributed by atoms with van der Waals surface area (Å²) in [5, 5.41) is 0. The van der Waals surface area contributed by atoms with E-state index in [1.807, 2.05) is 37.4 Å². The molecule has 0 radical (unpaired) electrons. The molecule has 0 saturated heterocycles. The zero-order chi connectivity index (χ0) is 9.97. The molecule has 0 spiro atoms. The maximum absolute atomic E-state index is 10.2. The first-order valence-electron chi connectivity index (χ1n) is 4.55. The Morgan fingerprint density at radius 1 is 1.50 bits per heavy atom. The van der Waals surface area contributed by atoms with Gasteiger partial charge in [0, 0.05) is 6.21 Å². The van der Waals surface area contributed by atoms with Crippen LogP contribution in [0, 0.1) is 0 Å². The van der Waals surface area contributed by atoms with E-state index in [0.29, 0.717) is 6.47 Å². The number of ether oxygens (including phenoxy) is 1. The number of hydrogen-bond acceptors (Lipinski definition) is 3. The van der Waals surface area contributed by atoms with E-state index in [0.717, 1.165) is 11.3 Å². The summed E-state index contributed by atoms with van der Waals surface area (Å²) in [7, 11) is 0. The van der Waals surface area contributed by atoms with Crippen LogP contribution in [0.4, 0.5) is 5.69 Å². The third-order valence-corrected chi connectivity index (χ3v) is 2.45. The standard InChI is InChI=1S/C11H11NO2/c1-8(14-7-13)10-6-12-11-5-3-2-4-9(10)11/h2-8,10H,1H3. The average Bonchev–Trinajstić information content (AvgIpc) is 2.61. The van der Waals surface area contributed by atoms with Crippen LogP contribution in [-0.2, 0) is 9.53 Å². The fraction of sp³-hybridized carbons (Fsp3) is 0.273. The topological polar surface area (TPSA) is 38.7 Å². The number of carbonyl (C=O) groups excluding carboxylic acids is 1. The number of rotatable bonds is 3. The largest absolute Gasteiger partial charge is 0.464 e. The fourth-order valence-corrected chi connectivity index (χ4v) is 1.67. The van der Waals surface area contributed by atoms with Crippen molar-refractivity contribution < 1.29 is 9.53 Å². The van der Waals surface area contributed by atoms with Crippen molar-refractivity contribution in [2.45, 2.75) is 18.9 Å². The Hall–Kier alpha value is -1.64. The van der Waals surface area contributed by atoms with Gasteiger partial charge in [0.1, 0.15) is 6.10 Å². The van der Waals surface area contributed by atoms with Crippen LogP contribution in [0.3, 0.4) is 0 Å². The molecule has 1 aromatic rings. The van der Waals surface area contributed by atoms with Crippen molar-refractivity contribution in [2.24, 2.45) is 4.99 Å². The number of aliphatic imine (C=N–C) groups is 1. The molecule has 1 aliphatic heterocycles. The second-order valence-electron chi connectivity index (χ2n) is 3.30. The molecule has 1 aromatic carbocycles. The van der Waals surface area contributed by atoms with E-state index >= 15 is 0 Å². The minimum atomic E-state index is -0.153. The summed E-state index contributed by atoms with van der Waals surface area (Å²) >= 11 is 0. The van der Waals surface area contributed by atoms with E-state index in [2.05, 4.69) is 4.99 Å². The maximum Gasteiger partial charge on any atom is 0.293 e. The highest BCUT2D eigenvalue weighted by Gasteiger charge is 2.24. The molecule has 0 saturated carbocycles. The fourth-order valence-electron chi connectivity index (χ4n) is 1.67. The zero-order valence-corrected chi connectivity index (χ0v) is 7.88. The second-order valence-corrected chi connectivity index (χ2v) is 3.30. The third kappa shape index (κ3) is 1.41. The summed E-state index contributed by atoms with van der Waals surface area (Å²) in [6.07, 6.45) is 1.68. The first-order chi connectivity index (χ1) is 6.83. The monoisotopic (exact) mass is 189 g/mol. The van der Waals surface area contributed by atoms with Crippen molar-refractivity contribution in [2.75, 3.05) is 0 Å². The normalized spacial score (nSPS) is 20.2.